The molecule has 0 aromatic heterocycles. The molecule has 1 aromatic carbocycles. The van der Waals surface area contributed by atoms with Crippen molar-refractivity contribution in [3.63, 3.8) is 0 Å². The van der Waals surface area contributed by atoms with E-state index in [0.717, 1.165) is 24.8 Å². The van der Waals surface area contributed by atoms with Gasteiger partial charge in [-0.1, -0.05) is 43.2 Å². The summed E-state index contributed by atoms with van der Waals surface area (Å²) >= 11 is 0. The second-order valence-corrected chi connectivity index (χ2v) is 8.33. The van der Waals surface area contributed by atoms with E-state index in [-0.39, 0.29) is 24.3 Å². The first-order chi connectivity index (χ1) is 13.6. The Labute approximate surface area is 166 Å². The fourth-order valence-corrected chi connectivity index (χ4v) is 4.79. The summed E-state index contributed by atoms with van der Waals surface area (Å²) in [4.78, 5) is 43.9. The van der Waals surface area contributed by atoms with Crippen LogP contribution in [0.3, 0.4) is 0 Å². The van der Waals surface area contributed by atoms with Gasteiger partial charge in [-0.3, -0.25) is 14.4 Å². The first kappa shape index (κ1) is 19.0. The lowest BCUT2D eigenvalue weighted by Crippen LogP contribution is -2.61. The zero-order chi connectivity index (χ0) is 19.5. The third-order valence-electron chi connectivity index (χ3n) is 6.35. The molecule has 1 aliphatic carbocycles. The van der Waals surface area contributed by atoms with Crippen molar-refractivity contribution in [3.8, 4) is 0 Å². The van der Waals surface area contributed by atoms with E-state index in [2.05, 4.69) is 0 Å². The molecule has 3 amide bonds. The summed E-state index contributed by atoms with van der Waals surface area (Å²) in [6, 6.07) is 9.21. The van der Waals surface area contributed by atoms with Crippen molar-refractivity contribution in [1.82, 2.24) is 14.7 Å². The molecule has 6 nitrogen and oxygen atoms in total. The highest BCUT2D eigenvalue weighted by atomic mass is 16.2. The quantitative estimate of drug-likeness (QED) is 0.799. The van der Waals surface area contributed by atoms with Crippen LogP contribution in [0.2, 0.25) is 0 Å². The van der Waals surface area contributed by atoms with Gasteiger partial charge in [0.15, 0.2) is 0 Å². The highest BCUT2D eigenvalue weighted by Crippen LogP contribution is 2.29. The first-order valence-corrected chi connectivity index (χ1v) is 10.5. The number of hydrogen-bond acceptors (Lipinski definition) is 3. The van der Waals surface area contributed by atoms with Gasteiger partial charge in [0, 0.05) is 26.1 Å². The molecule has 0 bridgehead atoms. The fraction of sp³-hybridized carbons (Fsp3) is 0.591. The molecule has 0 N–H and O–H groups in total. The van der Waals surface area contributed by atoms with Gasteiger partial charge >= 0.3 is 0 Å². The van der Waals surface area contributed by atoms with Gasteiger partial charge in [0.1, 0.15) is 12.6 Å². The summed E-state index contributed by atoms with van der Waals surface area (Å²) in [6.45, 7) is 2.09. The smallest absolute Gasteiger partial charge is 0.247 e. The molecule has 2 heterocycles. The van der Waals surface area contributed by atoms with E-state index >= 15 is 0 Å². The standard InChI is InChI=1S/C22H29N3O3/c26-20(13-17-7-4-5-8-17)23-11-6-12-25-19(15-23)22(28)24(16-21(25)27)14-18-9-2-1-3-10-18/h1-3,9-10,17,19H,4-8,11-16H2. The number of benzene rings is 1. The van der Waals surface area contributed by atoms with Crippen molar-refractivity contribution in [2.75, 3.05) is 26.2 Å². The average molecular weight is 383 g/mol. The summed E-state index contributed by atoms with van der Waals surface area (Å²) in [5.41, 5.74) is 1.01. The van der Waals surface area contributed by atoms with Gasteiger partial charge in [-0.25, -0.2) is 0 Å². The predicted octanol–water partition coefficient (Wildman–Crippen LogP) is 2.04. The van der Waals surface area contributed by atoms with Gasteiger partial charge in [0.05, 0.1) is 6.54 Å². The van der Waals surface area contributed by atoms with E-state index in [1.807, 2.05) is 35.2 Å². The molecule has 1 aromatic rings. The van der Waals surface area contributed by atoms with Gasteiger partial charge in [-0.15, -0.1) is 0 Å². The maximum absolute atomic E-state index is 13.2. The molecule has 28 heavy (non-hydrogen) atoms. The van der Waals surface area contributed by atoms with E-state index in [1.54, 1.807) is 9.80 Å². The molecular weight excluding hydrogens is 354 g/mol. The maximum Gasteiger partial charge on any atom is 0.247 e. The molecule has 0 radical (unpaired) electrons. The normalized spacial score (nSPS) is 23.7. The Morgan fingerprint density at radius 1 is 1.00 bits per heavy atom. The van der Waals surface area contributed by atoms with Crippen molar-refractivity contribution in [3.05, 3.63) is 35.9 Å². The lowest BCUT2D eigenvalue weighted by atomic mass is 10.0. The summed E-state index contributed by atoms with van der Waals surface area (Å²) < 4.78 is 0. The Morgan fingerprint density at radius 2 is 1.75 bits per heavy atom. The number of carbonyl (C=O) groups is 3. The summed E-state index contributed by atoms with van der Waals surface area (Å²) in [6.07, 6.45) is 6.04. The molecule has 4 rings (SSSR count). The molecular formula is C22H29N3O3. The number of amides is 3. The molecule has 1 saturated carbocycles. The van der Waals surface area contributed by atoms with Crippen LogP contribution in [-0.4, -0.2) is 64.6 Å². The third-order valence-corrected chi connectivity index (χ3v) is 6.35. The fourth-order valence-electron chi connectivity index (χ4n) is 4.79. The van der Waals surface area contributed by atoms with Crippen molar-refractivity contribution < 1.29 is 14.4 Å². The number of hydrogen-bond donors (Lipinski definition) is 0. The van der Waals surface area contributed by atoms with Crippen molar-refractivity contribution in [2.45, 2.75) is 51.1 Å². The van der Waals surface area contributed by atoms with Gasteiger partial charge < -0.3 is 14.7 Å². The number of carbonyl (C=O) groups excluding carboxylic acids is 3. The van der Waals surface area contributed by atoms with Crippen LogP contribution in [0.25, 0.3) is 0 Å². The molecule has 1 unspecified atom stereocenters. The molecule has 2 saturated heterocycles. The van der Waals surface area contributed by atoms with Gasteiger partial charge in [0.2, 0.25) is 17.7 Å². The Bertz CT molecular complexity index is 730. The van der Waals surface area contributed by atoms with Crippen LogP contribution >= 0.6 is 0 Å². The van der Waals surface area contributed by atoms with Gasteiger partial charge in [-0.2, -0.15) is 0 Å². The summed E-state index contributed by atoms with van der Waals surface area (Å²) in [5, 5.41) is 0. The maximum atomic E-state index is 13.2. The highest BCUT2D eigenvalue weighted by Gasteiger charge is 2.42. The minimum atomic E-state index is -0.542. The number of nitrogens with zero attached hydrogens (tertiary/aromatic N) is 3. The zero-order valence-electron chi connectivity index (χ0n) is 16.4. The molecule has 3 fully saturated rings. The average Bonchev–Trinajstić information content (AvgIpc) is 3.09. The van der Waals surface area contributed by atoms with Crippen molar-refractivity contribution in [2.24, 2.45) is 5.92 Å². The van der Waals surface area contributed by atoms with Crippen LogP contribution in [0.4, 0.5) is 0 Å². The monoisotopic (exact) mass is 383 g/mol. The molecule has 1 atom stereocenters. The lowest BCUT2D eigenvalue weighted by molar-refractivity contribution is -0.157. The van der Waals surface area contributed by atoms with Crippen LogP contribution in [-0.2, 0) is 20.9 Å². The third kappa shape index (κ3) is 4.05. The minimum absolute atomic E-state index is 0.00868. The van der Waals surface area contributed by atoms with Crippen molar-refractivity contribution >= 4 is 17.7 Å². The second kappa shape index (κ2) is 8.33. The summed E-state index contributed by atoms with van der Waals surface area (Å²) in [5.74, 6) is 0.592. The van der Waals surface area contributed by atoms with Crippen LogP contribution < -0.4 is 0 Å². The first-order valence-electron chi connectivity index (χ1n) is 10.5. The SMILES string of the molecule is O=C(CC1CCCC1)N1CCCN2C(=O)CN(Cc3ccccc3)C(=O)C2C1. The van der Waals surface area contributed by atoms with Crippen LogP contribution in [0.1, 0.15) is 44.1 Å². The molecule has 150 valence electrons. The Balaban J connectivity index is 1.46. The molecule has 0 spiro atoms. The topological polar surface area (TPSA) is 60.9 Å². The van der Waals surface area contributed by atoms with E-state index in [9.17, 15) is 14.4 Å². The summed E-state index contributed by atoms with van der Waals surface area (Å²) in [7, 11) is 0. The van der Waals surface area contributed by atoms with Crippen LogP contribution in [0.15, 0.2) is 30.3 Å². The largest absolute Gasteiger partial charge is 0.340 e. The number of rotatable bonds is 4. The van der Waals surface area contributed by atoms with E-state index in [4.69, 9.17) is 0 Å². The van der Waals surface area contributed by atoms with Crippen molar-refractivity contribution in [1.29, 1.82) is 0 Å². The van der Waals surface area contributed by atoms with E-state index < -0.39 is 6.04 Å². The molecule has 3 aliphatic rings. The van der Waals surface area contributed by atoms with Gasteiger partial charge in [0.25, 0.3) is 0 Å². The van der Waals surface area contributed by atoms with Crippen LogP contribution in [0, 0.1) is 5.92 Å². The Hall–Kier alpha value is -2.37. The van der Waals surface area contributed by atoms with Crippen LogP contribution in [0.5, 0.6) is 0 Å². The molecule has 6 heteroatoms. The second-order valence-electron chi connectivity index (χ2n) is 8.33. The number of fused-ring (bicyclic) bond motifs is 1. The lowest BCUT2D eigenvalue weighted by Gasteiger charge is -2.40. The Morgan fingerprint density at radius 3 is 2.50 bits per heavy atom. The van der Waals surface area contributed by atoms with Gasteiger partial charge in [-0.05, 0) is 30.7 Å². The predicted molar refractivity (Wildman–Crippen MR) is 105 cm³/mol. The zero-order valence-corrected chi connectivity index (χ0v) is 16.4. The number of piperazine rings is 1. The highest BCUT2D eigenvalue weighted by molar-refractivity contribution is 5.95. The van der Waals surface area contributed by atoms with E-state index in [1.165, 1.54) is 12.8 Å². The minimum Gasteiger partial charge on any atom is -0.340 e. The Kier molecular flexibility index (Phi) is 5.64. The molecule has 2 aliphatic heterocycles. The van der Waals surface area contributed by atoms with E-state index in [0.29, 0.717) is 38.5 Å².